The minimum absolute atomic E-state index is 0.390. The van der Waals surface area contributed by atoms with E-state index in [1.165, 1.54) is 17.8 Å². The van der Waals surface area contributed by atoms with Gasteiger partial charge in [0.2, 0.25) is 0 Å². The number of halogens is 3. The number of aliphatic hydroxyl groups excluding tert-OH is 1. The normalized spacial score (nSPS) is 13.9. The SMILES string of the molecule is CC(O)CSc1cccc(C(F)(F)F)c1. The van der Waals surface area contributed by atoms with Crippen LogP contribution in [-0.2, 0) is 6.18 Å². The molecule has 0 aliphatic carbocycles. The van der Waals surface area contributed by atoms with Crippen molar-refractivity contribution in [2.24, 2.45) is 0 Å². The molecule has 0 fully saturated rings. The first-order valence-corrected chi connectivity index (χ1v) is 5.36. The highest BCUT2D eigenvalue weighted by Gasteiger charge is 2.30. The zero-order valence-electron chi connectivity index (χ0n) is 8.08. The van der Waals surface area contributed by atoms with Crippen molar-refractivity contribution in [2.75, 3.05) is 5.75 Å². The largest absolute Gasteiger partial charge is 0.416 e. The summed E-state index contributed by atoms with van der Waals surface area (Å²) in [5, 5.41) is 9.00. The third-order valence-corrected chi connectivity index (χ3v) is 2.89. The summed E-state index contributed by atoms with van der Waals surface area (Å²) in [6, 6.07) is 5.09. The second-order valence-corrected chi connectivity index (χ2v) is 4.28. The fraction of sp³-hybridized carbons (Fsp3) is 0.400. The Bertz CT molecular complexity index is 323. The average molecular weight is 236 g/mol. The molecule has 84 valence electrons. The predicted molar refractivity (Wildman–Crippen MR) is 53.8 cm³/mol. The van der Waals surface area contributed by atoms with E-state index in [0.29, 0.717) is 10.6 Å². The van der Waals surface area contributed by atoms with Gasteiger partial charge in [-0.2, -0.15) is 13.2 Å². The Morgan fingerprint density at radius 1 is 1.40 bits per heavy atom. The fourth-order valence-corrected chi connectivity index (χ4v) is 1.80. The summed E-state index contributed by atoms with van der Waals surface area (Å²) in [4.78, 5) is 0.519. The zero-order valence-corrected chi connectivity index (χ0v) is 8.90. The van der Waals surface area contributed by atoms with Gasteiger partial charge in [0.05, 0.1) is 11.7 Å². The van der Waals surface area contributed by atoms with E-state index in [2.05, 4.69) is 0 Å². The van der Waals surface area contributed by atoms with Crippen LogP contribution < -0.4 is 0 Å². The van der Waals surface area contributed by atoms with Gasteiger partial charge < -0.3 is 5.11 Å². The number of thioether (sulfide) groups is 1. The molecule has 5 heteroatoms. The minimum Gasteiger partial charge on any atom is -0.393 e. The Kier molecular flexibility index (Phi) is 4.04. The topological polar surface area (TPSA) is 20.2 Å². The molecule has 0 saturated carbocycles. The number of aliphatic hydroxyl groups is 1. The van der Waals surface area contributed by atoms with E-state index < -0.39 is 17.8 Å². The van der Waals surface area contributed by atoms with Crippen LogP contribution in [0.1, 0.15) is 12.5 Å². The average Bonchev–Trinajstić information content (AvgIpc) is 2.14. The highest BCUT2D eigenvalue weighted by molar-refractivity contribution is 7.99. The molecular weight excluding hydrogens is 225 g/mol. The van der Waals surface area contributed by atoms with Gasteiger partial charge >= 0.3 is 6.18 Å². The molecule has 15 heavy (non-hydrogen) atoms. The number of hydrogen-bond acceptors (Lipinski definition) is 2. The first-order valence-electron chi connectivity index (χ1n) is 4.37. The van der Waals surface area contributed by atoms with E-state index >= 15 is 0 Å². The summed E-state index contributed by atoms with van der Waals surface area (Å²) in [6.07, 6.45) is -4.83. The third kappa shape index (κ3) is 4.13. The quantitative estimate of drug-likeness (QED) is 0.813. The molecule has 0 spiro atoms. The smallest absolute Gasteiger partial charge is 0.393 e. The van der Waals surface area contributed by atoms with Crippen LogP contribution in [0.5, 0.6) is 0 Å². The predicted octanol–water partition coefficient (Wildman–Crippen LogP) is 3.18. The second kappa shape index (κ2) is 4.90. The summed E-state index contributed by atoms with van der Waals surface area (Å²) in [7, 11) is 0. The molecule has 0 aliphatic rings. The molecule has 1 aromatic rings. The van der Waals surface area contributed by atoms with Gasteiger partial charge in [0, 0.05) is 10.6 Å². The van der Waals surface area contributed by atoms with Crippen molar-refractivity contribution in [1.82, 2.24) is 0 Å². The van der Waals surface area contributed by atoms with Gasteiger partial charge in [-0.1, -0.05) is 6.07 Å². The van der Waals surface area contributed by atoms with Crippen LogP contribution in [0.4, 0.5) is 13.2 Å². The van der Waals surface area contributed by atoms with Crippen LogP contribution in [0.25, 0.3) is 0 Å². The standard InChI is InChI=1S/C10H11F3OS/c1-7(14)6-15-9-4-2-3-8(5-9)10(11,12)13/h2-5,7,14H,6H2,1H3. The maximum Gasteiger partial charge on any atom is 0.416 e. The molecule has 1 rings (SSSR count). The molecule has 0 bridgehead atoms. The third-order valence-electron chi connectivity index (χ3n) is 1.65. The van der Waals surface area contributed by atoms with E-state index in [-0.39, 0.29) is 0 Å². The fourth-order valence-electron chi connectivity index (χ4n) is 0.979. The first-order chi connectivity index (χ1) is 6.89. The molecule has 0 amide bonds. The highest BCUT2D eigenvalue weighted by Crippen LogP contribution is 2.31. The van der Waals surface area contributed by atoms with Gasteiger partial charge in [-0.05, 0) is 25.1 Å². The first kappa shape index (κ1) is 12.4. The zero-order chi connectivity index (χ0) is 11.5. The van der Waals surface area contributed by atoms with Crippen molar-refractivity contribution in [3.05, 3.63) is 29.8 Å². The molecule has 1 atom stereocenters. The summed E-state index contributed by atoms with van der Waals surface area (Å²) in [5.74, 6) is 0.390. The Balaban J connectivity index is 2.75. The van der Waals surface area contributed by atoms with Crippen LogP contribution in [0, 0.1) is 0 Å². The second-order valence-electron chi connectivity index (χ2n) is 3.19. The minimum atomic E-state index is -4.30. The van der Waals surface area contributed by atoms with E-state index in [1.54, 1.807) is 13.0 Å². The Morgan fingerprint density at radius 3 is 2.60 bits per heavy atom. The number of rotatable bonds is 3. The maximum absolute atomic E-state index is 12.3. The molecule has 0 aliphatic heterocycles. The van der Waals surface area contributed by atoms with Crippen molar-refractivity contribution in [3.8, 4) is 0 Å². The van der Waals surface area contributed by atoms with Gasteiger partial charge in [0.15, 0.2) is 0 Å². The molecule has 1 unspecified atom stereocenters. The Morgan fingerprint density at radius 2 is 2.07 bits per heavy atom. The lowest BCUT2D eigenvalue weighted by Gasteiger charge is -2.09. The van der Waals surface area contributed by atoms with Crippen LogP contribution >= 0.6 is 11.8 Å². The van der Waals surface area contributed by atoms with Gasteiger partial charge in [0.1, 0.15) is 0 Å². The van der Waals surface area contributed by atoms with E-state index in [9.17, 15) is 13.2 Å². The van der Waals surface area contributed by atoms with E-state index in [0.717, 1.165) is 12.1 Å². The van der Waals surface area contributed by atoms with Crippen molar-refractivity contribution in [3.63, 3.8) is 0 Å². The summed E-state index contributed by atoms with van der Waals surface area (Å²) < 4.78 is 36.9. The molecule has 0 aromatic heterocycles. The molecular formula is C10H11F3OS. The number of hydrogen-bond donors (Lipinski definition) is 1. The van der Waals surface area contributed by atoms with Gasteiger partial charge in [-0.3, -0.25) is 0 Å². The van der Waals surface area contributed by atoms with Crippen LogP contribution in [0.2, 0.25) is 0 Å². The molecule has 0 heterocycles. The molecule has 1 N–H and O–H groups in total. The lowest BCUT2D eigenvalue weighted by atomic mass is 10.2. The lowest BCUT2D eigenvalue weighted by molar-refractivity contribution is -0.137. The van der Waals surface area contributed by atoms with Crippen LogP contribution in [-0.4, -0.2) is 17.0 Å². The summed E-state index contributed by atoms with van der Waals surface area (Å²) >= 11 is 1.21. The van der Waals surface area contributed by atoms with Crippen molar-refractivity contribution in [1.29, 1.82) is 0 Å². The molecule has 1 aromatic carbocycles. The van der Waals surface area contributed by atoms with Gasteiger partial charge in [-0.25, -0.2) is 0 Å². The highest BCUT2D eigenvalue weighted by atomic mass is 32.2. The van der Waals surface area contributed by atoms with E-state index in [1.807, 2.05) is 0 Å². The van der Waals surface area contributed by atoms with Crippen molar-refractivity contribution < 1.29 is 18.3 Å². The van der Waals surface area contributed by atoms with Gasteiger partial charge in [0.25, 0.3) is 0 Å². The lowest BCUT2D eigenvalue weighted by Crippen LogP contribution is -2.05. The monoisotopic (exact) mass is 236 g/mol. The van der Waals surface area contributed by atoms with Crippen molar-refractivity contribution >= 4 is 11.8 Å². The van der Waals surface area contributed by atoms with Gasteiger partial charge in [-0.15, -0.1) is 11.8 Å². The van der Waals surface area contributed by atoms with Crippen LogP contribution in [0.3, 0.4) is 0 Å². The summed E-state index contributed by atoms with van der Waals surface area (Å²) in [6.45, 7) is 1.60. The van der Waals surface area contributed by atoms with Crippen LogP contribution in [0.15, 0.2) is 29.2 Å². The number of benzene rings is 1. The van der Waals surface area contributed by atoms with E-state index in [4.69, 9.17) is 5.11 Å². The number of alkyl halides is 3. The molecule has 0 radical (unpaired) electrons. The van der Waals surface area contributed by atoms with Crippen molar-refractivity contribution in [2.45, 2.75) is 24.1 Å². The summed E-state index contributed by atoms with van der Waals surface area (Å²) in [5.41, 5.74) is -0.655. The molecule has 0 saturated heterocycles. The maximum atomic E-state index is 12.3. The Labute approximate surface area is 90.3 Å². The molecule has 1 nitrogen and oxygen atoms in total. The Hall–Kier alpha value is -0.680.